The smallest absolute Gasteiger partial charge is 0.328 e. The maximum atomic E-state index is 13.7. The molecule has 1 aromatic rings. The molecule has 1 atom stereocenters. The molecule has 2 rings (SSSR count). The second-order valence-corrected chi connectivity index (χ2v) is 4.97. The van der Waals surface area contributed by atoms with Crippen LogP contribution in [0.5, 0.6) is 0 Å². The van der Waals surface area contributed by atoms with Crippen LogP contribution >= 0.6 is 15.9 Å². The Morgan fingerprint density at radius 2 is 2.21 bits per heavy atom. The maximum Gasteiger partial charge on any atom is 0.328 e. The first kappa shape index (κ1) is 14.0. The highest BCUT2D eigenvalue weighted by Gasteiger charge is 2.34. The third kappa shape index (κ3) is 2.93. The van der Waals surface area contributed by atoms with Gasteiger partial charge in [-0.1, -0.05) is 15.9 Å². The average molecular weight is 332 g/mol. The second kappa shape index (κ2) is 5.66. The molecule has 0 aliphatic carbocycles. The van der Waals surface area contributed by atoms with Crippen molar-refractivity contribution in [2.24, 2.45) is 0 Å². The summed E-state index contributed by atoms with van der Waals surface area (Å²) in [5.74, 6) is -2.48. The molecule has 0 aromatic heterocycles. The van der Waals surface area contributed by atoms with Gasteiger partial charge in [0.25, 0.3) is 5.91 Å². The first-order chi connectivity index (χ1) is 9.00. The zero-order chi connectivity index (χ0) is 14.0. The van der Waals surface area contributed by atoms with Crippen LogP contribution in [0.1, 0.15) is 10.4 Å². The van der Waals surface area contributed by atoms with E-state index in [1.807, 2.05) is 0 Å². The van der Waals surface area contributed by atoms with Gasteiger partial charge in [-0.25, -0.2) is 9.18 Å². The zero-order valence-corrected chi connectivity index (χ0v) is 11.4. The molecule has 1 fully saturated rings. The standard InChI is InChI=1S/C12H11BrFNO4/c13-7-1-2-9(14)8(5-7)11(16)15-3-4-19-6-10(15)12(17)18/h1-2,5,10H,3-4,6H2,(H,17,18)/t10-/m0/s1. The van der Waals surface area contributed by atoms with Crippen molar-refractivity contribution in [3.63, 3.8) is 0 Å². The lowest BCUT2D eigenvalue weighted by Crippen LogP contribution is -2.52. The summed E-state index contributed by atoms with van der Waals surface area (Å²) in [6, 6.07) is 2.89. The van der Waals surface area contributed by atoms with Crippen LogP contribution in [0.15, 0.2) is 22.7 Å². The normalized spacial score (nSPS) is 19.3. The SMILES string of the molecule is O=C(O)[C@@H]1COCCN1C(=O)c1cc(Br)ccc1F. The Hall–Kier alpha value is -1.47. The number of rotatable bonds is 2. The molecule has 1 aliphatic rings. The number of halogens is 2. The molecule has 1 aromatic carbocycles. The first-order valence-corrected chi connectivity index (χ1v) is 6.36. The number of carboxylic acids is 1. The summed E-state index contributed by atoms with van der Waals surface area (Å²) in [6.45, 7) is 0.281. The molecule has 19 heavy (non-hydrogen) atoms. The molecule has 1 aliphatic heterocycles. The van der Waals surface area contributed by atoms with Crippen LogP contribution in [0.2, 0.25) is 0 Å². The highest BCUT2D eigenvalue weighted by Crippen LogP contribution is 2.19. The maximum absolute atomic E-state index is 13.7. The van der Waals surface area contributed by atoms with Crippen molar-refractivity contribution < 1.29 is 23.8 Å². The van der Waals surface area contributed by atoms with Crippen LogP contribution in [0.3, 0.4) is 0 Å². The third-order valence-electron chi connectivity index (χ3n) is 2.83. The number of carbonyl (C=O) groups excluding carboxylic acids is 1. The van der Waals surface area contributed by atoms with Gasteiger partial charge < -0.3 is 14.7 Å². The predicted molar refractivity (Wildman–Crippen MR) is 67.4 cm³/mol. The van der Waals surface area contributed by atoms with Crippen LogP contribution in [-0.4, -0.2) is 47.7 Å². The van der Waals surface area contributed by atoms with Crippen molar-refractivity contribution in [2.75, 3.05) is 19.8 Å². The Bertz CT molecular complexity index is 522. The fourth-order valence-electron chi connectivity index (χ4n) is 1.87. The average Bonchev–Trinajstić information content (AvgIpc) is 2.40. The van der Waals surface area contributed by atoms with Crippen LogP contribution in [0, 0.1) is 5.82 Å². The summed E-state index contributed by atoms with van der Waals surface area (Å²) in [5.41, 5.74) is -0.150. The van der Waals surface area contributed by atoms with Gasteiger partial charge in [-0.2, -0.15) is 0 Å². The lowest BCUT2D eigenvalue weighted by atomic mass is 10.1. The number of hydrogen-bond donors (Lipinski definition) is 1. The van der Waals surface area contributed by atoms with Gasteiger partial charge in [-0.05, 0) is 18.2 Å². The largest absolute Gasteiger partial charge is 0.480 e. The van der Waals surface area contributed by atoms with Crippen molar-refractivity contribution in [3.8, 4) is 0 Å². The first-order valence-electron chi connectivity index (χ1n) is 5.57. The molecule has 1 amide bonds. The molecule has 0 unspecified atom stereocenters. The van der Waals surface area contributed by atoms with E-state index in [1.165, 1.54) is 12.1 Å². The van der Waals surface area contributed by atoms with Crippen molar-refractivity contribution in [2.45, 2.75) is 6.04 Å². The highest BCUT2D eigenvalue weighted by atomic mass is 79.9. The quantitative estimate of drug-likeness (QED) is 0.892. The summed E-state index contributed by atoms with van der Waals surface area (Å²) in [6.07, 6.45) is 0. The van der Waals surface area contributed by atoms with E-state index in [4.69, 9.17) is 9.84 Å². The highest BCUT2D eigenvalue weighted by molar-refractivity contribution is 9.10. The van der Waals surface area contributed by atoms with Crippen molar-refractivity contribution in [1.82, 2.24) is 4.90 Å². The van der Waals surface area contributed by atoms with E-state index >= 15 is 0 Å². The van der Waals surface area contributed by atoms with E-state index < -0.39 is 23.7 Å². The molecule has 1 N–H and O–H groups in total. The van der Waals surface area contributed by atoms with Crippen molar-refractivity contribution in [3.05, 3.63) is 34.1 Å². The summed E-state index contributed by atoms with van der Waals surface area (Å²) >= 11 is 3.15. The molecule has 0 spiro atoms. The Labute approximate surface area is 117 Å². The zero-order valence-electron chi connectivity index (χ0n) is 9.81. The minimum absolute atomic E-state index is 0.0866. The molecule has 102 valence electrons. The summed E-state index contributed by atoms with van der Waals surface area (Å²) in [7, 11) is 0. The van der Waals surface area contributed by atoms with Crippen LogP contribution < -0.4 is 0 Å². The molecule has 1 saturated heterocycles. The molecule has 7 heteroatoms. The molecule has 0 radical (unpaired) electrons. The monoisotopic (exact) mass is 331 g/mol. The van der Waals surface area contributed by atoms with E-state index in [0.29, 0.717) is 4.47 Å². The van der Waals surface area contributed by atoms with Crippen LogP contribution in [0.4, 0.5) is 4.39 Å². The Morgan fingerprint density at radius 3 is 2.89 bits per heavy atom. The van der Waals surface area contributed by atoms with E-state index in [-0.39, 0.29) is 25.3 Å². The van der Waals surface area contributed by atoms with Crippen molar-refractivity contribution >= 4 is 27.8 Å². The Balaban J connectivity index is 2.31. The number of hydrogen-bond acceptors (Lipinski definition) is 3. The number of carbonyl (C=O) groups is 2. The van der Waals surface area contributed by atoms with Crippen LogP contribution in [-0.2, 0) is 9.53 Å². The number of carboxylic acid groups (broad SMARTS) is 1. The van der Waals surface area contributed by atoms with Gasteiger partial charge in [0.1, 0.15) is 5.82 Å². The lowest BCUT2D eigenvalue weighted by molar-refractivity contribution is -0.147. The molecule has 0 bridgehead atoms. The topological polar surface area (TPSA) is 66.8 Å². The van der Waals surface area contributed by atoms with Crippen molar-refractivity contribution in [1.29, 1.82) is 0 Å². The number of morpholine rings is 1. The Kier molecular flexibility index (Phi) is 4.16. The number of aliphatic carboxylic acids is 1. The van der Waals surface area contributed by atoms with Gasteiger partial charge in [-0.15, -0.1) is 0 Å². The molecule has 5 nitrogen and oxygen atoms in total. The number of benzene rings is 1. The third-order valence-corrected chi connectivity index (χ3v) is 3.33. The van der Waals surface area contributed by atoms with Crippen LogP contribution in [0.25, 0.3) is 0 Å². The number of ether oxygens (including phenoxy) is 1. The Morgan fingerprint density at radius 1 is 1.47 bits per heavy atom. The van der Waals surface area contributed by atoms with E-state index in [1.54, 1.807) is 0 Å². The minimum atomic E-state index is -1.16. The van der Waals surface area contributed by atoms with E-state index in [9.17, 15) is 14.0 Å². The van der Waals surface area contributed by atoms with Gasteiger partial charge >= 0.3 is 5.97 Å². The van der Waals surface area contributed by atoms with E-state index in [0.717, 1.165) is 11.0 Å². The summed E-state index contributed by atoms with van der Waals surface area (Å²) < 4.78 is 19.2. The van der Waals surface area contributed by atoms with Gasteiger partial charge in [0.05, 0.1) is 18.8 Å². The van der Waals surface area contributed by atoms with Gasteiger partial charge in [0.2, 0.25) is 0 Å². The number of nitrogens with zero attached hydrogens (tertiary/aromatic N) is 1. The minimum Gasteiger partial charge on any atom is -0.480 e. The summed E-state index contributed by atoms with van der Waals surface area (Å²) in [4.78, 5) is 24.4. The van der Waals surface area contributed by atoms with Gasteiger partial charge in [0.15, 0.2) is 6.04 Å². The van der Waals surface area contributed by atoms with Gasteiger partial charge in [0, 0.05) is 11.0 Å². The van der Waals surface area contributed by atoms with E-state index in [2.05, 4.69) is 15.9 Å². The molecule has 1 heterocycles. The summed E-state index contributed by atoms with van der Waals surface area (Å²) in [5, 5.41) is 9.05. The molecular weight excluding hydrogens is 321 g/mol. The van der Waals surface area contributed by atoms with Gasteiger partial charge in [-0.3, -0.25) is 4.79 Å². The number of amides is 1. The fraction of sp³-hybridized carbons (Fsp3) is 0.333. The lowest BCUT2D eigenvalue weighted by Gasteiger charge is -2.32. The predicted octanol–water partition coefficient (Wildman–Crippen LogP) is 1.51. The molecule has 0 saturated carbocycles. The molecular formula is C12H11BrFNO4. The second-order valence-electron chi connectivity index (χ2n) is 4.05. The fourth-order valence-corrected chi connectivity index (χ4v) is 2.23.